The number of rotatable bonds is 1. The maximum absolute atomic E-state index is 3.54. The van der Waals surface area contributed by atoms with Crippen molar-refractivity contribution in [2.45, 2.75) is 32.4 Å². The minimum absolute atomic E-state index is 0.559. The monoisotopic (exact) mass is 282 g/mol. The van der Waals surface area contributed by atoms with E-state index in [0.717, 1.165) is 17.6 Å². The predicted molar refractivity (Wildman–Crippen MR) is 73.0 cm³/mol. The molecular formula is C13H19BrN2. The molecule has 0 spiro atoms. The molecule has 0 amide bonds. The second-order valence-corrected chi connectivity index (χ2v) is 5.54. The van der Waals surface area contributed by atoms with Crippen LogP contribution in [0, 0.1) is 0 Å². The molecule has 1 N–H and O–H groups in total. The molecule has 1 aromatic carbocycles. The molecule has 88 valence electrons. The van der Waals surface area contributed by atoms with Crippen molar-refractivity contribution in [3.8, 4) is 0 Å². The SMILES string of the molecule is CC1CN(c2cccc(Br)c2)C(C)CCN1. The zero-order valence-electron chi connectivity index (χ0n) is 9.91. The fourth-order valence-electron chi connectivity index (χ4n) is 2.25. The number of halogens is 1. The van der Waals surface area contributed by atoms with Crippen molar-refractivity contribution in [3.63, 3.8) is 0 Å². The van der Waals surface area contributed by atoms with E-state index >= 15 is 0 Å². The lowest BCUT2D eigenvalue weighted by Gasteiger charge is -2.30. The third kappa shape index (κ3) is 2.77. The summed E-state index contributed by atoms with van der Waals surface area (Å²) in [5.74, 6) is 0. The van der Waals surface area contributed by atoms with E-state index in [1.165, 1.54) is 12.1 Å². The second kappa shape index (κ2) is 5.19. The minimum atomic E-state index is 0.559. The van der Waals surface area contributed by atoms with Crippen LogP contribution >= 0.6 is 15.9 Å². The molecule has 2 unspecified atom stereocenters. The van der Waals surface area contributed by atoms with Crippen molar-refractivity contribution < 1.29 is 0 Å². The molecule has 3 heteroatoms. The molecule has 0 radical (unpaired) electrons. The molecule has 2 nitrogen and oxygen atoms in total. The van der Waals surface area contributed by atoms with Crippen molar-refractivity contribution in [1.29, 1.82) is 0 Å². The summed E-state index contributed by atoms with van der Waals surface area (Å²) in [4.78, 5) is 2.50. The number of benzene rings is 1. The van der Waals surface area contributed by atoms with Gasteiger partial charge in [0, 0.05) is 28.8 Å². The van der Waals surface area contributed by atoms with E-state index < -0.39 is 0 Å². The first-order chi connectivity index (χ1) is 7.66. The number of hydrogen-bond donors (Lipinski definition) is 1. The van der Waals surface area contributed by atoms with Gasteiger partial charge in [0.15, 0.2) is 0 Å². The van der Waals surface area contributed by atoms with Crippen molar-refractivity contribution >= 4 is 21.6 Å². The summed E-state index contributed by atoms with van der Waals surface area (Å²) >= 11 is 3.54. The van der Waals surface area contributed by atoms with E-state index in [0.29, 0.717) is 12.1 Å². The van der Waals surface area contributed by atoms with E-state index in [1.807, 2.05) is 0 Å². The van der Waals surface area contributed by atoms with Gasteiger partial charge in [0.25, 0.3) is 0 Å². The number of nitrogens with one attached hydrogen (secondary N) is 1. The van der Waals surface area contributed by atoms with Gasteiger partial charge in [-0.3, -0.25) is 0 Å². The normalized spacial score (nSPS) is 26.6. The number of hydrogen-bond acceptors (Lipinski definition) is 2. The molecule has 16 heavy (non-hydrogen) atoms. The predicted octanol–water partition coefficient (Wildman–Crippen LogP) is 3.03. The summed E-state index contributed by atoms with van der Waals surface area (Å²) in [5.41, 5.74) is 1.32. The number of nitrogens with zero attached hydrogens (tertiary/aromatic N) is 1. The Morgan fingerprint density at radius 2 is 2.19 bits per heavy atom. The highest BCUT2D eigenvalue weighted by molar-refractivity contribution is 9.10. The molecule has 0 aromatic heterocycles. The first-order valence-electron chi connectivity index (χ1n) is 5.92. The Morgan fingerprint density at radius 3 is 2.94 bits per heavy atom. The summed E-state index contributed by atoms with van der Waals surface area (Å²) in [5, 5.41) is 3.54. The van der Waals surface area contributed by atoms with Gasteiger partial charge in [0.2, 0.25) is 0 Å². The highest BCUT2D eigenvalue weighted by atomic mass is 79.9. The van der Waals surface area contributed by atoms with Crippen LogP contribution in [0.1, 0.15) is 20.3 Å². The lowest BCUT2D eigenvalue weighted by atomic mass is 10.1. The molecule has 1 heterocycles. The van der Waals surface area contributed by atoms with Crippen LogP contribution in [-0.4, -0.2) is 25.2 Å². The fourth-order valence-corrected chi connectivity index (χ4v) is 2.64. The number of anilines is 1. The average molecular weight is 283 g/mol. The van der Waals surface area contributed by atoms with Gasteiger partial charge >= 0.3 is 0 Å². The Morgan fingerprint density at radius 1 is 1.38 bits per heavy atom. The second-order valence-electron chi connectivity index (χ2n) is 4.63. The van der Waals surface area contributed by atoms with Gasteiger partial charge in [-0.25, -0.2) is 0 Å². The summed E-state index contributed by atoms with van der Waals surface area (Å²) in [7, 11) is 0. The average Bonchev–Trinajstić information content (AvgIpc) is 2.41. The topological polar surface area (TPSA) is 15.3 Å². The van der Waals surface area contributed by atoms with E-state index in [1.54, 1.807) is 0 Å². The maximum Gasteiger partial charge on any atom is 0.0380 e. The van der Waals surface area contributed by atoms with Crippen LogP contribution in [0.5, 0.6) is 0 Å². The molecule has 1 fully saturated rings. The smallest absolute Gasteiger partial charge is 0.0380 e. The van der Waals surface area contributed by atoms with Crippen LogP contribution in [0.3, 0.4) is 0 Å². The summed E-state index contributed by atoms with van der Waals surface area (Å²) < 4.78 is 1.15. The van der Waals surface area contributed by atoms with Gasteiger partial charge in [0.1, 0.15) is 0 Å². The first kappa shape index (κ1) is 11.9. The van der Waals surface area contributed by atoms with Gasteiger partial charge < -0.3 is 10.2 Å². The van der Waals surface area contributed by atoms with Gasteiger partial charge in [-0.15, -0.1) is 0 Å². The van der Waals surface area contributed by atoms with E-state index in [2.05, 4.69) is 64.3 Å². The molecule has 0 saturated carbocycles. The summed E-state index contributed by atoms with van der Waals surface area (Å²) in [6, 6.07) is 9.74. The minimum Gasteiger partial charge on any atom is -0.367 e. The van der Waals surface area contributed by atoms with Gasteiger partial charge in [-0.2, -0.15) is 0 Å². The van der Waals surface area contributed by atoms with Crippen LogP contribution in [0.25, 0.3) is 0 Å². The molecule has 1 saturated heterocycles. The van der Waals surface area contributed by atoms with Crippen LogP contribution in [-0.2, 0) is 0 Å². The highest BCUT2D eigenvalue weighted by Crippen LogP contribution is 2.23. The van der Waals surface area contributed by atoms with E-state index in [-0.39, 0.29) is 0 Å². The molecule has 2 atom stereocenters. The Hall–Kier alpha value is -0.540. The Kier molecular flexibility index (Phi) is 3.87. The maximum atomic E-state index is 3.54. The van der Waals surface area contributed by atoms with Crippen LogP contribution < -0.4 is 10.2 Å². The Labute approximate surface area is 106 Å². The zero-order chi connectivity index (χ0) is 11.5. The highest BCUT2D eigenvalue weighted by Gasteiger charge is 2.20. The van der Waals surface area contributed by atoms with Crippen molar-refractivity contribution in [2.75, 3.05) is 18.0 Å². The molecule has 1 aliphatic heterocycles. The lowest BCUT2D eigenvalue weighted by molar-refractivity contribution is 0.585. The molecule has 1 aromatic rings. The largest absolute Gasteiger partial charge is 0.367 e. The van der Waals surface area contributed by atoms with E-state index in [9.17, 15) is 0 Å². The van der Waals surface area contributed by atoms with Crippen molar-refractivity contribution in [1.82, 2.24) is 5.32 Å². The van der Waals surface area contributed by atoms with Gasteiger partial charge in [-0.05, 0) is 45.0 Å². The first-order valence-corrected chi connectivity index (χ1v) is 6.71. The van der Waals surface area contributed by atoms with Gasteiger partial charge in [-0.1, -0.05) is 22.0 Å². The van der Waals surface area contributed by atoms with E-state index in [4.69, 9.17) is 0 Å². The third-order valence-corrected chi connectivity index (χ3v) is 3.69. The van der Waals surface area contributed by atoms with Crippen LogP contribution in [0.4, 0.5) is 5.69 Å². The Balaban J connectivity index is 2.22. The summed E-state index contributed by atoms with van der Waals surface area (Å²) in [6.07, 6.45) is 1.21. The summed E-state index contributed by atoms with van der Waals surface area (Å²) in [6.45, 7) is 6.76. The van der Waals surface area contributed by atoms with Crippen LogP contribution in [0.15, 0.2) is 28.7 Å². The van der Waals surface area contributed by atoms with Crippen molar-refractivity contribution in [2.24, 2.45) is 0 Å². The quantitative estimate of drug-likeness (QED) is 0.852. The van der Waals surface area contributed by atoms with Crippen LogP contribution in [0.2, 0.25) is 0 Å². The molecule has 0 aliphatic carbocycles. The zero-order valence-corrected chi connectivity index (χ0v) is 11.5. The van der Waals surface area contributed by atoms with Gasteiger partial charge in [0.05, 0.1) is 0 Å². The molecular weight excluding hydrogens is 264 g/mol. The standard InChI is InChI=1S/C13H19BrN2/c1-10-9-16(11(2)6-7-15-10)13-5-3-4-12(14)8-13/h3-5,8,10-11,15H,6-7,9H2,1-2H3. The molecule has 0 bridgehead atoms. The third-order valence-electron chi connectivity index (χ3n) is 3.20. The Bertz CT molecular complexity index is 354. The lowest BCUT2D eigenvalue weighted by Crippen LogP contribution is -2.38. The van der Waals surface area contributed by atoms with Crippen molar-refractivity contribution in [3.05, 3.63) is 28.7 Å². The molecule has 2 rings (SSSR count). The molecule has 1 aliphatic rings. The fraction of sp³-hybridized carbons (Fsp3) is 0.538.